The van der Waals surface area contributed by atoms with Crippen LogP contribution in [0.4, 0.5) is 0 Å². The van der Waals surface area contributed by atoms with E-state index in [1.165, 1.54) is 5.56 Å². The van der Waals surface area contributed by atoms with Crippen LogP contribution in [0.25, 0.3) is 5.65 Å². The fourth-order valence-electron chi connectivity index (χ4n) is 4.47. The summed E-state index contributed by atoms with van der Waals surface area (Å²) in [4.78, 5) is 31.2. The number of carbonyl (C=O) groups is 2. The summed E-state index contributed by atoms with van der Waals surface area (Å²) in [5, 5.41) is 2.97. The minimum absolute atomic E-state index is 0.0957. The summed E-state index contributed by atoms with van der Waals surface area (Å²) in [6.07, 6.45) is 8.21. The second-order valence-electron chi connectivity index (χ2n) is 8.79. The molecular formula is C25H28N4O3. The van der Waals surface area contributed by atoms with Gasteiger partial charge in [-0.05, 0) is 54.2 Å². The maximum atomic E-state index is 12.5. The van der Waals surface area contributed by atoms with Crippen LogP contribution in [0.3, 0.4) is 0 Å². The molecule has 2 aromatic heterocycles. The number of pyridine rings is 1. The van der Waals surface area contributed by atoms with Crippen molar-refractivity contribution in [3.05, 3.63) is 71.7 Å². The van der Waals surface area contributed by atoms with Gasteiger partial charge in [-0.3, -0.25) is 9.59 Å². The SMILES string of the molecule is O=C(NCc1ccn2ccnc2c1)c1ccc(C2CN(C(=O)CC3CCOCC3)C2)cc1. The minimum atomic E-state index is -0.0957. The number of benzene rings is 1. The standard InChI is InChI=1S/C25H28N4O3/c30-24(14-18-6-11-32-12-7-18)29-16-22(17-29)20-1-3-21(4-2-20)25(31)27-15-19-5-9-28-10-8-26-23(28)13-19/h1-5,8-10,13,18,22H,6-7,11-12,14-17H2,(H,27,31). The van der Waals surface area contributed by atoms with E-state index in [0.717, 1.165) is 50.4 Å². The lowest BCUT2D eigenvalue weighted by Crippen LogP contribution is -2.49. The molecule has 2 saturated heterocycles. The van der Waals surface area contributed by atoms with Crippen LogP contribution in [-0.2, 0) is 16.1 Å². The number of nitrogens with zero attached hydrogens (tertiary/aromatic N) is 3. The fraction of sp³-hybridized carbons (Fsp3) is 0.400. The molecule has 2 aliphatic heterocycles. The molecule has 2 aliphatic rings. The fourth-order valence-corrected chi connectivity index (χ4v) is 4.47. The van der Waals surface area contributed by atoms with E-state index in [0.29, 0.717) is 30.4 Å². The Morgan fingerprint density at radius 2 is 1.84 bits per heavy atom. The average Bonchev–Trinajstić information content (AvgIpc) is 3.25. The number of fused-ring (bicyclic) bond motifs is 1. The summed E-state index contributed by atoms with van der Waals surface area (Å²) >= 11 is 0. The van der Waals surface area contributed by atoms with Gasteiger partial charge in [-0.25, -0.2) is 4.98 Å². The molecule has 1 N–H and O–H groups in total. The van der Waals surface area contributed by atoms with Gasteiger partial charge in [0.2, 0.25) is 5.91 Å². The number of aromatic nitrogens is 2. The van der Waals surface area contributed by atoms with E-state index in [1.807, 2.05) is 58.1 Å². The highest BCUT2D eigenvalue weighted by Crippen LogP contribution is 2.29. The summed E-state index contributed by atoms with van der Waals surface area (Å²) in [5.41, 5.74) is 3.69. The van der Waals surface area contributed by atoms with Crippen LogP contribution in [0.1, 0.15) is 46.7 Å². The van der Waals surface area contributed by atoms with Crippen LogP contribution in [0.2, 0.25) is 0 Å². The Morgan fingerprint density at radius 1 is 1.06 bits per heavy atom. The van der Waals surface area contributed by atoms with Crippen molar-refractivity contribution < 1.29 is 14.3 Å². The Hall–Kier alpha value is -3.19. The van der Waals surface area contributed by atoms with Gasteiger partial charge in [0, 0.05) is 69.3 Å². The number of nitrogens with one attached hydrogen (secondary N) is 1. The number of hydrogen-bond donors (Lipinski definition) is 1. The second kappa shape index (κ2) is 9.12. The van der Waals surface area contributed by atoms with Crippen molar-refractivity contribution in [2.45, 2.75) is 31.7 Å². The van der Waals surface area contributed by atoms with Gasteiger partial charge in [-0.1, -0.05) is 12.1 Å². The van der Waals surface area contributed by atoms with Crippen molar-refractivity contribution in [3.8, 4) is 0 Å². The van der Waals surface area contributed by atoms with E-state index in [1.54, 1.807) is 6.20 Å². The number of hydrogen-bond acceptors (Lipinski definition) is 4. The second-order valence-corrected chi connectivity index (χ2v) is 8.79. The maximum Gasteiger partial charge on any atom is 0.251 e. The minimum Gasteiger partial charge on any atom is -0.381 e. The van der Waals surface area contributed by atoms with Crippen molar-refractivity contribution in [2.24, 2.45) is 5.92 Å². The Balaban J connectivity index is 1.10. The first kappa shape index (κ1) is 20.7. The van der Waals surface area contributed by atoms with Gasteiger partial charge in [-0.15, -0.1) is 0 Å². The number of imidazole rings is 1. The molecule has 0 bridgehead atoms. The highest BCUT2D eigenvalue weighted by atomic mass is 16.5. The molecule has 0 spiro atoms. The molecule has 0 atom stereocenters. The van der Waals surface area contributed by atoms with Gasteiger partial charge in [0.05, 0.1) is 0 Å². The zero-order valence-electron chi connectivity index (χ0n) is 18.1. The Kier molecular flexibility index (Phi) is 5.90. The quantitative estimate of drug-likeness (QED) is 0.650. The Morgan fingerprint density at radius 3 is 2.62 bits per heavy atom. The molecule has 2 amide bonds. The lowest BCUT2D eigenvalue weighted by Gasteiger charge is -2.40. The highest BCUT2D eigenvalue weighted by Gasteiger charge is 2.32. The molecule has 0 saturated carbocycles. The van der Waals surface area contributed by atoms with E-state index >= 15 is 0 Å². The first-order valence-electron chi connectivity index (χ1n) is 11.3. The van der Waals surface area contributed by atoms with Crippen molar-refractivity contribution in [2.75, 3.05) is 26.3 Å². The van der Waals surface area contributed by atoms with Crippen LogP contribution in [0.5, 0.6) is 0 Å². The van der Waals surface area contributed by atoms with Crippen LogP contribution in [0, 0.1) is 5.92 Å². The number of ether oxygens (including phenoxy) is 1. The third kappa shape index (κ3) is 4.53. The zero-order chi connectivity index (χ0) is 21.9. The van der Waals surface area contributed by atoms with Crippen LogP contribution in [-0.4, -0.2) is 52.4 Å². The third-order valence-electron chi connectivity index (χ3n) is 6.60. The van der Waals surface area contributed by atoms with E-state index in [4.69, 9.17) is 4.74 Å². The van der Waals surface area contributed by atoms with Crippen molar-refractivity contribution in [1.29, 1.82) is 0 Å². The van der Waals surface area contributed by atoms with Gasteiger partial charge in [0.25, 0.3) is 5.91 Å². The molecule has 7 nitrogen and oxygen atoms in total. The largest absolute Gasteiger partial charge is 0.381 e. The topological polar surface area (TPSA) is 75.9 Å². The van der Waals surface area contributed by atoms with Crippen molar-refractivity contribution in [1.82, 2.24) is 19.6 Å². The zero-order valence-corrected chi connectivity index (χ0v) is 18.1. The molecule has 32 heavy (non-hydrogen) atoms. The normalized spacial score (nSPS) is 17.3. The predicted octanol–water partition coefficient (Wildman–Crippen LogP) is 3.01. The predicted molar refractivity (Wildman–Crippen MR) is 120 cm³/mol. The summed E-state index contributed by atoms with van der Waals surface area (Å²) in [6, 6.07) is 11.7. The third-order valence-corrected chi connectivity index (χ3v) is 6.60. The lowest BCUT2D eigenvalue weighted by atomic mass is 9.89. The summed E-state index contributed by atoms with van der Waals surface area (Å²) in [5.74, 6) is 0.987. The number of amides is 2. The monoisotopic (exact) mass is 432 g/mol. The van der Waals surface area contributed by atoms with Crippen LogP contribution < -0.4 is 5.32 Å². The average molecular weight is 433 g/mol. The Labute approximate surface area is 187 Å². The van der Waals surface area contributed by atoms with Crippen molar-refractivity contribution >= 4 is 17.5 Å². The van der Waals surface area contributed by atoms with E-state index in [-0.39, 0.29) is 11.8 Å². The molecule has 0 unspecified atom stereocenters. The van der Waals surface area contributed by atoms with E-state index in [9.17, 15) is 9.59 Å². The molecule has 5 rings (SSSR count). The van der Waals surface area contributed by atoms with Gasteiger partial charge in [0.1, 0.15) is 5.65 Å². The molecule has 166 valence electrons. The molecule has 3 aromatic rings. The lowest BCUT2D eigenvalue weighted by molar-refractivity contribution is -0.137. The molecule has 2 fully saturated rings. The molecule has 1 aromatic carbocycles. The maximum absolute atomic E-state index is 12.5. The van der Waals surface area contributed by atoms with Gasteiger partial charge < -0.3 is 19.4 Å². The van der Waals surface area contributed by atoms with Gasteiger partial charge in [0.15, 0.2) is 0 Å². The highest BCUT2D eigenvalue weighted by molar-refractivity contribution is 5.94. The number of likely N-dealkylation sites (tertiary alicyclic amines) is 1. The van der Waals surface area contributed by atoms with Gasteiger partial charge in [-0.2, -0.15) is 0 Å². The smallest absolute Gasteiger partial charge is 0.251 e. The molecule has 0 radical (unpaired) electrons. The first-order valence-corrected chi connectivity index (χ1v) is 11.3. The summed E-state index contributed by atoms with van der Waals surface area (Å²) in [6.45, 7) is 3.55. The molecular weight excluding hydrogens is 404 g/mol. The van der Waals surface area contributed by atoms with E-state index in [2.05, 4.69) is 10.3 Å². The van der Waals surface area contributed by atoms with E-state index < -0.39 is 0 Å². The first-order chi connectivity index (χ1) is 15.7. The molecule has 7 heteroatoms. The van der Waals surface area contributed by atoms with Crippen molar-refractivity contribution in [3.63, 3.8) is 0 Å². The number of rotatable bonds is 6. The van der Waals surface area contributed by atoms with Crippen LogP contribution >= 0.6 is 0 Å². The Bertz CT molecular complexity index is 1100. The number of carbonyl (C=O) groups excluding carboxylic acids is 2. The summed E-state index contributed by atoms with van der Waals surface area (Å²) in [7, 11) is 0. The molecule has 0 aliphatic carbocycles. The molecule has 4 heterocycles. The van der Waals surface area contributed by atoms with Crippen LogP contribution in [0.15, 0.2) is 55.0 Å². The summed E-state index contributed by atoms with van der Waals surface area (Å²) < 4.78 is 7.31. The van der Waals surface area contributed by atoms with Gasteiger partial charge >= 0.3 is 0 Å².